The fourth-order valence-electron chi connectivity index (χ4n) is 2.58. The summed E-state index contributed by atoms with van der Waals surface area (Å²) >= 11 is 12.1. The van der Waals surface area contributed by atoms with E-state index in [2.05, 4.69) is 5.32 Å². The van der Waals surface area contributed by atoms with Crippen LogP contribution in [0.2, 0.25) is 10.0 Å². The Morgan fingerprint density at radius 1 is 0.900 bits per heavy atom. The Morgan fingerprint density at radius 2 is 1.53 bits per heavy atom. The molecule has 0 saturated carbocycles. The predicted molar refractivity (Wildman–Crippen MR) is 117 cm³/mol. The molecule has 1 unspecified atom stereocenters. The molecule has 5 nitrogen and oxygen atoms in total. The Morgan fingerprint density at radius 3 is 2.20 bits per heavy atom. The molecule has 3 aromatic carbocycles. The van der Waals surface area contributed by atoms with Gasteiger partial charge >= 0.3 is 5.97 Å². The summed E-state index contributed by atoms with van der Waals surface area (Å²) in [4.78, 5) is 24.5. The average molecular weight is 444 g/mol. The van der Waals surface area contributed by atoms with Crippen LogP contribution in [-0.2, 0) is 16.1 Å². The van der Waals surface area contributed by atoms with Crippen molar-refractivity contribution in [3.63, 3.8) is 0 Å². The van der Waals surface area contributed by atoms with Crippen molar-refractivity contribution >= 4 is 40.8 Å². The molecular weight excluding hydrogens is 425 g/mol. The highest BCUT2D eigenvalue weighted by atomic mass is 35.5. The normalized spacial score (nSPS) is 11.4. The zero-order valence-electron chi connectivity index (χ0n) is 16.1. The van der Waals surface area contributed by atoms with Gasteiger partial charge in [0.25, 0.3) is 5.91 Å². The van der Waals surface area contributed by atoms with Gasteiger partial charge in [0.05, 0.1) is 10.7 Å². The molecule has 0 aliphatic rings. The summed E-state index contributed by atoms with van der Waals surface area (Å²) in [6.07, 6.45) is -0.824. The first kappa shape index (κ1) is 21.7. The molecule has 1 atom stereocenters. The number of ether oxygens (including phenoxy) is 2. The van der Waals surface area contributed by atoms with Crippen LogP contribution in [0.5, 0.6) is 5.75 Å². The number of anilines is 1. The van der Waals surface area contributed by atoms with E-state index >= 15 is 0 Å². The fraction of sp³-hybridized carbons (Fsp3) is 0.130. The SMILES string of the molecule is CC(Oc1ccc(C(=O)Nc2ccccc2Cl)cc1)C(=O)OCc1ccccc1Cl. The van der Waals surface area contributed by atoms with Crippen LogP contribution in [0.4, 0.5) is 5.69 Å². The number of amides is 1. The number of halogens is 2. The Labute approximate surface area is 184 Å². The lowest BCUT2D eigenvalue weighted by atomic mass is 10.2. The molecule has 30 heavy (non-hydrogen) atoms. The van der Waals surface area contributed by atoms with Gasteiger partial charge in [-0.2, -0.15) is 0 Å². The maximum atomic E-state index is 12.4. The van der Waals surface area contributed by atoms with Gasteiger partial charge in [0.15, 0.2) is 6.10 Å². The minimum absolute atomic E-state index is 0.0629. The van der Waals surface area contributed by atoms with Crippen molar-refractivity contribution in [1.82, 2.24) is 0 Å². The van der Waals surface area contributed by atoms with Gasteiger partial charge in [0, 0.05) is 16.1 Å². The van der Waals surface area contributed by atoms with Gasteiger partial charge < -0.3 is 14.8 Å². The maximum absolute atomic E-state index is 12.4. The van der Waals surface area contributed by atoms with Crippen LogP contribution in [0.3, 0.4) is 0 Å². The smallest absolute Gasteiger partial charge is 0.347 e. The van der Waals surface area contributed by atoms with Gasteiger partial charge in [0.2, 0.25) is 0 Å². The molecule has 0 saturated heterocycles. The number of carbonyl (C=O) groups excluding carboxylic acids is 2. The second-order valence-electron chi connectivity index (χ2n) is 6.42. The molecule has 0 radical (unpaired) electrons. The van der Waals surface area contributed by atoms with E-state index in [0.717, 1.165) is 0 Å². The van der Waals surface area contributed by atoms with Crippen molar-refractivity contribution in [2.24, 2.45) is 0 Å². The van der Waals surface area contributed by atoms with Gasteiger partial charge in [-0.15, -0.1) is 0 Å². The third-order valence-electron chi connectivity index (χ3n) is 4.21. The van der Waals surface area contributed by atoms with Crippen molar-refractivity contribution in [3.8, 4) is 5.75 Å². The largest absolute Gasteiger partial charge is 0.479 e. The van der Waals surface area contributed by atoms with Crippen molar-refractivity contribution in [3.05, 3.63) is 94.0 Å². The molecule has 0 fully saturated rings. The lowest BCUT2D eigenvalue weighted by Crippen LogP contribution is -2.26. The summed E-state index contributed by atoms with van der Waals surface area (Å²) < 4.78 is 10.9. The number of benzene rings is 3. The van der Waals surface area contributed by atoms with E-state index in [9.17, 15) is 9.59 Å². The van der Waals surface area contributed by atoms with Crippen LogP contribution >= 0.6 is 23.2 Å². The predicted octanol–water partition coefficient (Wildman–Crippen LogP) is 5.76. The summed E-state index contributed by atoms with van der Waals surface area (Å²) in [6, 6.07) is 20.5. The fourth-order valence-corrected chi connectivity index (χ4v) is 2.95. The molecule has 3 aromatic rings. The molecular formula is C23H19Cl2NO4. The van der Waals surface area contributed by atoms with E-state index in [1.54, 1.807) is 73.7 Å². The lowest BCUT2D eigenvalue weighted by molar-refractivity contribution is -0.152. The maximum Gasteiger partial charge on any atom is 0.347 e. The van der Waals surface area contributed by atoms with Gasteiger partial charge in [-0.3, -0.25) is 4.79 Å². The van der Waals surface area contributed by atoms with Crippen LogP contribution in [0.15, 0.2) is 72.8 Å². The number of rotatable bonds is 7. The number of nitrogens with one attached hydrogen (secondary N) is 1. The molecule has 0 spiro atoms. The van der Waals surface area contributed by atoms with Crippen molar-refractivity contribution in [2.75, 3.05) is 5.32 Å². The number of para-hydroxylation sites is 1. The van der Waals surface area contributed by atoms with Gasteiger partial charge in [0.1, 0.15) is 12.4 Å². The monoisotopic (exact) mass is 443 g/mol. The summed E-state index contributed by atoms with van der Waals surface area (Å²) in [5, 5.41) is 3.73. The van der Waals surface area contributed by atoms with E-state index in [1.807, 2.05) is 6.07 Å². The minimum atomic E-state index is -0.824. The van der Waals surface area contributed by atoms with Gasteiger partial charge in [-0.05, 0) is 49.4 Å². The number of hydrogen-bond acceptors (Lipinski definition) is 4. The molecule has 1 amide bonds. The Balaban J connectivity index is 1.54. The van der Waals surface area contributed by atoms with Gasteiger partial charge in [-0.25, -0.2) is 4.79 Å². The molecule has 0 aromatic heterocycles. The molecule has 7 heteroatoms. The van der Waals surface area contributed by atoms with Crippen LogP contribution in [-0.4, -0.2) is 18.0 Å². The van der Waals surface area contributed by atoms with E-state index in [0.29, 0.717) is 32.6 Å². The molecule has 0 aliphatic carbocycles. The van der Waals surface area contributed by atoms with E-state index in [1.165, 1.54) is 0 Å². The van der Waals surface area contributed by atoms with Crippen LogP contribution in [0.25, 0.3) is 0 Å². The number of esters is 1. The summed E-state index contributed by atoms with van der Waals surface area (Å²) in [5.74, 6) is -0.385. The highest BCUT2D eigenvalue weighted by Crippen LogP contribution is 2.22. The Hall–Kier alpha value is -3.02. The van der Waals surface area contributed by atoms with E-state index in [-0.39, 0.29) is 12.5 Å². The third-order valence-corrected chi connectivity index (χ3v) is 4.91. The second kappa shape index (κ2) is 10.1. The lowest BCUT2D eigenvalue weighted by Gasteiger charge is -2.15. The summed E-state index contributed by atoms with van der Waals surface area (Å²) in [7, 11) is 0. The zero-order chi connectivity index (χ0) is 21.5. The van der Waals surface area contributed by atoms with Crippen molar-refractivity contribution < 1.29 is 19.1 Å². The molecule has 1 N–H and O–H groups in total. The average Bonchev–Trinajstić information content (AvgIpc) is 2.75. The van der Waals surface area contributed by atoms with Crippen LogP contribution < -0.4 is 10.1 Å². The first-order chi connectivity index (χ1) is 14.4. The Kier molecular flexibility index (Phi) is 7.33. The number of hydrogen-bond donors (Lipinski definition) is 1. The standard InChI is InChI=1S/C23H19Cl2NO4/c1-15(23(28)29-14-17-6-2-3-7-19(17)24)30-18-12-10-16(11-13-18)22(27)26-21-9-5-4-8-20(21)25/h2-13,15H,14H2,1H3,(H,26,27). The molecule has 0 bridgehead atoms. The van der Waals surface area contributed by atoms with E-state index in [4.69, 9.17) is 32.7 Å². The minimum Gasteiger partial charge on any atom is -0.479 e. The molecule has 3 rings (SSSR count). The summed E-state index contributed by atoms with van der Waals surface area (Å²) in [5.41, 5.74) is 1.67. The van der Waals surface area contributed by atoms with Crippen LogP contribution in [0, 0.1) is 0 Å². The molecule has 0 heterocycles. The topological polar surface area (TPSA) is 64.6 Å². The van der Waals surface area contributed by atoms with E-state index < -0.39 is 12.1 Å². The highest BCUT2D eigenvalue weighted by molar-refractivity contribution is 6.34. The van der Waals surface area contributed by atoms with Crippen LogP contribution in [0.1, 0.15) is 22.8 Å². The Bertz CT molecular complexity index is 1040. The summed E-state index contributed by atoms with van der Waals surface area (Å²) in [6.45, 7) is 1.65. The second-order valence-corrected chi connectivity index (χ2v) is 7.23. The van der Waals surface area contributed by atoms with Crippen molar-refractivity contribution in [1.29, 1.82) is 0 Å². The third kappa shape index (κ3) is 5.75. The number of carbonyl (C=O) groups is 2. The van der Waals surface area contributed by atoms with Gasteiger partial charge in [-0.1, -0.05) is 53.5 Å². The van der Waals surface area contributed by atoms with Crippen molar-refractivity contribution in [2.45, 2.75) is 19.6 Å². The first-order valence-electron chi connectivity index (χ1n) is 9.16. The highest BCUT2D eigenvalue weighted by Gasteiger charge is 2.17. The zero-order valence-corrected chi connectivity index (χ0v) is 17.6. The molecule has 154 valence electrons. The molecule has 0 aliphatic heterocycles. The quantitative estimate of drug-likeness (QED) is 0.471. The first-order valence-corrected chi connectivity index (χ1v) is 9.92.